The van der Waals surface area contributed by atoms with E-state index in [4.69, 9.17) is 0 Å². The molecule has 1 N–H and O–H groups in total. The molecule has 2 amide bonds. The lowest BCUT2D eigenvalue weighted by Crippen LogP contribution is -2.57. The van der Waals surface area contributed by atoms with E-state index in [2.05, 4.69) is 24.1 Å². The van der Waals surface area contributed by atoms with E-state index in [0.717, 1.165) is 36.9 Å². The summed E-state index contributed by atoms with van der Waals surface area (Å²) >= 11 is 1.45. The minimum Gasteiger partial charge on any atom is -0.337 e. The summed E-state index contributed by atoms with van der Waals surface area (Å²) in [7, 11) is 0. The summed E-state index contributed by atoms with van der Waals surface area (Å²) in [6.07, 6.45) is 1.81. The lowest BCUT2D eigenvalue weighted by Gasteiger charge is -2.38. The third-order valence-corrected chi connectivity index (χ3v) is 5.44. The van der Waals surface area contributed by atoms with Crippen molar-refractivity contribution in [2.45, 2.75) is 45.2 Å². The van der Waals surface area contributed by atoms with Crippen LogP contribution in [-0.2, 0) is 16.0 Å². The molecule has 2 atom stereocenters. The number of thiazole rings is 1. The average molecular weight is 395 g/mol. The van der Waals surface area contributed by atoms with Crippen LogP contribution in [0.25, 0.3) is 0 Å². The highest BCUT2D eigenvalue weighted by atomic mass is 35.5. The maximum Gasteiger partial charge on any atom is 0.228 e. The van der Waals surface area contributed by atoms with Crippen molar-refractivity contribution in [2.75, 3.05) is 24.5 Å². The highest BCUT2D eigenvalue weighted by molar-refractivity contribution is 7.14. The van der Waals surface area contributed by atoms with Gasteiger partial charge in [-0.15, -0.1) is 36.2 Å². The molecule has 1 aromatic rings. The van der Waals surface area contributed by atoms with E-state index in [-0.39, 0.29) is 42.7 Å². The second-order valence-corrected chi connectivity index (χ2v) is 6.85. The molecule has 2 fully saturated rings. The summed E-state index contributed by atoms with van der Waals surface area (Å²) < 4.78 is 0. The van der Waals surface area contributed by atoms with Gasteiger partial charge in [-0.1, -0.05) is 0 Å². The van der Waals surface area contributed by atoms with E-state index < -0.39 is 0 Å². The SMILES string of the molecule is CC1NCCN(C(=O)Cc2csc(N3CCCC3=O)n2)C1C.Cl.Cl. The largest absolute Gasteiger partial charge is 0.337 e. The smallest absolute Gasteiger partial charge is 0.228 e. The first kappa shape index (κ1) is 21.2. The van der Waals surface area contributed by atoms with Crippen molar-refractivity contribution < 1.29 is 9.59 Å². The molecule has 6 nitrogen and oxygen atoms in total. The van der Waals surface area contributed by atoms with Crippen molar-refractivity contribution in [3.63, 3.8) is 0 Å². The molecule has 24 heavy (non-hydrogen) atoms. The number of hydrogen-bond donors (Lipinski definition) is 1. The van der Waals surface area contributed by atoms with Crippen molar-refractivity contribution in [1.29, 1.82) is 0 Å². The summed E-state index contributed by atoms with van der Waals surface area (Å²) in [6.45, 7) is 6.49. The third kappa shape index (κ3) is 4.39. The minimum absolute atomic E-state index is 0. The highest BCUT2D eigenvalue weighted by Gasteiger charge is 2.29. The molecule has 0 bridgehead atoms. The minimum atomic E-state index is 0. The van der Waals surface area contributed by atoms with Gasteiger partial charge in [0, 0.05) is 43.5 Å². The van der Waals surface area contributed by atoms with Gasteiger partial charge in [-0.25, -0.2) is 4.98 Å². The molecule has 1 aromatic heterocycles. The molecule has 0 saturated carbocycles. The molecule has 0 aromatic carbocycles. The van der Waals surface area contributed by atoms with Crippen molar-refractivity contribution in [2.24, 2.45) is 0 Å². The van der Waals surface area contributed by atoms with Crippen LogP contribution in [0.5, 0.6) is 0 Å². The number of nitrogens with zero attached hydrogens (tertiary/aromatic N) is 3. The van der Waals surface area contributed by atoms with Gasteiger partial charge < -0.3 is 10.2 Å². The Kier molecular flexibility index (Phi) is 7.92. The topological polar surface area (TPSA) is 65.5 Å². The summed E-state index contributed by atoms with van der Waals surface area (Å²) in [5.74, 6) is 0.252. The zero-order valence-corrected chi connectivity index (χ0v) is 16.3. The number of hydrogen-bond acceptors (Lipinski definition) is 5. The molecule has 3 heterocycles. The quantitative estimate of drug-likeness (QED) is 0.849. The summed E-state index contributed by atoms with van der Waals surface area (Å²) in [5.41, 5.74) is 0.767. The van der Waals surface area contributed by atoms with E-state index in [1.807, 2.05) is 10.3 Å². The van der Waals surface area contributed by atoms with Crippen LogP contribution in [0.2, 0.25) is 0 Å². The zero-order chi connectivity index (χ0) is 15.7. The Morgan fingerprint density at radius 3 is 2.79 bits per heavy atom. The van der Waals surface area contributed by atoms with Gasteiger partial charge in [0.15, 0.2) is 5.13 Å². The van der Waals surface area contributed by atoms with Crippen molar-refractivity contribution >= 4 is 53.1 Å². The number of aromatic nitrogens is 1. The Balaban J connectivity index is 0.00000144. The molecule has 2 unspecified atom stereocenters. The number of anilines is 1. The summed E-state index contributed by atoms with van der Waals surface area (Å²) in [4.78, 5) is 32.4. The Morgan fingerprint density at radius 2 is 2.12 bits per heavy atom. The lowest BCUT2D eigenvalue weighted by atomic mass is 10.1. The molecular weight excluding hydrogens is 371 g/mol. The number of carbonyl (C=O) groups excluding carboxylic acids is 2. The van der Waals surface area contributed by atoms with Crippen LogP contribution in [0.3, 0.4) is 0 Å². The number of nitrogens with one attached hydrogen (secondary N) is 1. The number of halogens is 2. The monoisotopic (exact) mass is 394 g/mol. The Bertz CT molecular complexity index is 584. The van der Waals surface area contributed by atoms with Gasteiger partial charge in [0.1, 0.15) is 0 Å². The Morgan fingerprint density at radius 1 is 1.38 bits per heavy atom. The second-order valence-electron chi connectivity index (χ2n) is 6.02. The Hall–Kier alpha value is -0.890. The molecule has 3 rings (SSSR count). The predicted molar refractivity (Wildman–Crippen MR) is 101 cm³/mol. The van der Waals surface area contributed by atoms with Gasteiger partial charge in [-0.3, -0.25) is 14.5 Å². The van der Waals surface area contributed by atoms with Crippen LogP contribution >= 0.6 is 36.2 Å². The molecule has 2 aliphatic heterocycles. The fraction of sp³-hybridized carbons (Fsp3) is 0.667. The van der Waals surface area contributed by atoms with Crippen molar-refractivity contribution in [3.05, 3.63) is 11.1 Å². The lowest BCUT2D eigenvalue weighted by molar-refractivity contribution is -0.134. The van der Waals surface area contributed by atoms with E-state index >= 15 is 0 Å². The summed E-state index contributed by atoms with van der Waals surface area (Å²) in [5, 5.41) is 6.00. The van der Waals surface area contributed by atoms with Crippen LogP contribution in [0.15, 0.2) is 5.38 Å². The number of piperazine rings is 1. The van der Waals surface area contributed by atoms with E-state index in [1.165, 1.54) is 11.3 Å². The zero-order valence-electron chi connectivity index (χ0n) is 13.9. The molecule has 2 aliphatic rings. The standard InChI is InChI=1S/C15H22N4O2S.2ClH/c1-10-11(2)18(7-5-16-10)14(21)8-12-9-22-15(17-12)19-6-3-4-13(19)20;;/h9-11,16H,3-8H2,1-2H3;2*1H. The van der Waals surface area contributed by atoms with Gasteiger partial charge >= 0.3 is 0 Å². The molecule has 9 heteroatoms. The molecule has 0 spiro atoms. The van der Waals surface area contributed by atoms with Gasteiger partial charge in [0.05, 0.1) is 12.1 Å². The highest BCUT2D eigenvalue weighted by Crippen LogP contribution is 2.25. The fourth-order valence-electron chi connectivity index (χ4n) is 3.02. The van der Waals surface area contributed by atoms with E-state index in [0.29, 0.717) is 18.9 Å². The van der Waals surface area contributed by atoms with Crippen LogP contribution in [0.4, 0.5) is 5.13 Å². The van der Waals surface area contributed by atoms with Crippen LogP contribution < -0.4 is 10.2 Å². The van der Waals surface area contributed by atoms with E-state index in [1.54, 1.807) is 4.90 Å². The third-order valence-electron chi connectivity index (χ3n) is 4.53. The van der Waals surface area contributed by atoms with Gasteiger partial charge in [0.2, 0.25) is 11.8 Å². The number of amides is 2. The number of carbonyl (C=O) groups is 2. The van der Waals surface area contributed by atoms with Crippen LogP contribution in [-0.4, -0.2) is 53.4 Å². The van der Waals surface area contributed by atoms with Crippen molar-refractivity contribution in [1.82, 2.24) is 15.2 Å². The first-order valence-corrected chi connectivity index (χ1v) is 8.72. The molecule has 2 saturated heterocycles. The van der Waals surface area contributed by atoms with Crippen molar-refractivity contribution in [3.8, 4) is 0 Å². The first-order chi connectivity index (χ1) is 10.6. The Labute approximate surface area is 158 Å². The molecular formula is C15H24Cl2N4O2S. The van der Waals surface area contributed by atoms with E-state index in [9.17, 15) is 9.59 Å². The molecule has 0 aliphatic carbocycles. The number of rotatable bonds is 3. The molecule has 136 valence electrons. The average Bonchev–Trinajstić information content (AvgIpc) is 3.10. The first-order valence-electron chi connectivity index (χ1n) is 7.84. The second kappa shape index (κ2) is 8.99. The maximum atomic E-state index is 12.5. The van der Waals surface area contributed by atoms with Crippen LogP contribution in [0.1, 0.15) is 32.4 Å². The maximum absolute atomic E-state index is 12.5. The predicted octanol–water partition coefficient (Wildman–Crippen LogP) is 1.86. The summed E-state index contributed by atoms with van der Waals surface area (Å²) in [6, 6.07) is 0.505. The van der Waals surface area contributed by atoms with Crippen LogP contribution in [0, 0.1) is 0 Å². The normalized spacial score (nSPS) is 23.7. The van der Waals surface area contributed by atoms with Gasteiger partial charge in [-0.05, 0) is 20.3 Å². The molecule has 0 radical (unpaired) electrons. The fourth-order valence-corrected chi connectivity index (χ4v) is 3.88. The van der Waals surface area contributed by atoms with Gasteiger partial charge in [-0.2, -0.15) is 0 Å². The van der Waals surface area contributed by atoms with Gasteiger partial charge in [0.25, 0.3) is 0 Å².